The number of carbonyl (C=O) groups is 1. The molecule has 5 nitrogen and oxygen atoms in total. The van der Waals surface area contributed by atoms with Gasteiger partial charge in [-0.2, -0.15) is 4.31 Å². The Balaban J connectivity index is 2.08. The Morgan fingerprint density at radius 2 is 1.82 bits per heavy atom. The molecule has 0 unspecified atom stereocenters. The molecule has 1 amide bonds. The van der Waals surface area contributed by atoms with E-state index in [9.17, 15) is 13.2 Å². The van der Waals surface area contributed by atoms with Crippen molar-refractivity contribution in [3.05, 3.63) is 47.8 Å². The number of sulfonamides is 1. The van der Waals surface area contributed by atoms with Gasteiger partial charge in [0.15, 0.2) is 5.60 Å². The molecule has 0 bridgehead atoms. The van der Waals surface area contributed by atoms with Crippen LogP contribution in [0.2, 0.25) is 0 Å². The van der Waals surface area contributed by atoms with Crippen LogP contribution in [0.25, 0.3) is 0 Å². The number of nitrogens with zero attached hydrogens (tertiary/aromatic N) is 1. The predicted octanol–water partition coefficient (Wildman–Crippen LogP) is 3.12. The molecule has 1 aliphatic heterocycles. The lowest BCUT2D eigenvalue weighted by molar-refractivity contribution is 0.0749. The van der Waals surface area contributed by atoms with Crippen molar-refractivity contribution in [2.45, 2.75) is 43.1 Å². The molecule has 3 rings (SSSR count). The maximum Gasteiger partial charge on any atom is 0.430 e. The molecule has 1 heterocycles. The van der Waals surface area contributed by atoms with Crippen LogP contribution in [-0.2, 0) is 14.8 Å². The fraction of sp³-hybridized carbons (Fsp3) is 0.375. The molecule has 22 heavy (non-hydrogen) atoms. The van der Waals surface area contributed by atoms with E-state index in [0.717, 1.165) is 22.7 Å². The molecule has 6 heteroatoms. The number of benzene rings is 1. The van der Waals surface area contributed by atoms with Gasteiger partial charge in [0.2, 0.25) is 0 Å². The normalized spacial score (nSPS) is 20.3. The zero-order valence-electron chi connectivity index (χ0n) is 12.3. The Morgan fingerprint density at radius 1 is 1.23 bits per heavy atom. The first-order valence-electron chi connectivity index (χ1n) is 7.16. The number of aryl methyl sites for hydroxylation is 1. The molecule has 1 aromatic carbocycles. The number of hydrogen-bond acceptors (Lipinski definition) is 4. The summed E-state index contributed by atoms with van der Waals surface area (Å²) in [5, 5.41) is 0. The highest BCUT2D eigenvalue weighted by atomic mass is 32.2. The lowest BCUT2D eigenvalue weighted by Crippen LogP contribution is -2.33. The lowest BCUT2D eigenvalue weighted by Gasteiger charge is -2.22. The molecule has 2 fully saturated rings. The molecule has 0 radical (unpaired) electrons. The molecule has 1 saturated carbocycles. The van der Waals surface area contributed by atoms with Gasteiger partial charge in [0.25, 0.3) is 10.0 Å². The summed E-state index contributed by atoms with van der Waals surface area (Å²) < 4.78 is 31.7. The summed E-state index contributed by atoms with van der Waals surface area (Å²) in [6.45, 7) is 5.43. The molecule has 0 N–H and O–H groups in total. The maximum absolute atomic E-state index is 12.8. The Bertz CT molecular complexity index is 767. The zero-order valence-corrected chi connectivity index (χ0v) is 13.1. The fourth-order valence-electron chi connectivity index (χ4n) is 3.09. The minimum absolute atomic E-state index is 0.0536. The summed E-state index contributed by atoms with van der Waals surface area (Å²) in [5.41, 5.74) is 2.91. The van der Waals surface area contributed by atoms with Gasteiger partial charge in [0, 0.05) is 0 Å². The van der Waals surface area contributed by atoms with Crippen molar-refractivity contribution in [3.63, 3.8) is 0 Å². The lowest BCUT2D eigenvalue weighted by atomic mass is 9.99. The molecule has 1 spiro atoms. The number of hydrogen-bond donors (Lipinski definition) is 0. The van der Waals surface area contributed by atoms with Crippen LogP contribution in [-0.4, -0.2) is 24.4 Å². The van der Waals surface area contributed by atoms with Gasteiger partial charge in [0.05, 0.1) is 4.90 Å². The second-order valence-corrected chi connectivity index (χ2v) is 7.46. The highest BCUT2D eigenvalue weighted by Gasteiger charge is 2.55. The molecule has 2 aliphatic rings. The summed E-state index contributed by atoms with van der Waals surface area (Å²) in [6.07, 6.45) is 2.12. The van der Waals surface area contributed by atoms with E-state index in [0.29, 0.717) is 12.8 Å². The van der Waals surface area contributed by atoms with E-state index in [-0.39, 0.29) is 10.6 Å². The van der Waals surface area contributed by atoms with Crippen LogP contribution in [0.4, 0.5) is 4.79 Å². The summed E-state index contributed by atoms with van der Waals surface area (Å²) in [6, 6.07) is 6.35. The average molecular weight is 319 g/mol. The summed E-state index contributed by atoms with van der Waals surface area (Å²) >= 11 is 0. The number of rotatable bonds is 2. The minimum atomic E-state index is -4.01. The first kappa shape index (κ1) is 14.9. The molecule has 1 aromatic rings. The Kier molecular flexibility index (Phi) is 3.38. The van der Waals surface area contributed by atoms with Crippen molar-refractivity contribution < 1.29 is 17.9 Å². The van der Waals surface area contributed by atoms with Crippen LogP contribution in [0.5, 0.6) is 0 Å². The van der Waals surface area contributed by atoms with E-state index < -0.39 is 21.7 Å². The van der Waals surface area contributed by atoms with E-state index in [1.54, 1.807) is 12.1 Å². The molecule has 0 atom stereocenters. The predicted molar refractivity (Wildman–Crippen MR) is 80.5 cm³/mol. The Labute approximate surface area is 129 Å². The van der Waals surface area contributed by atoms with Gasteiger partial charge in [-0.3, -0.25) is 0 Å². The Hall–Kier alpha value is -2.04. The first-order valence-corrected chi connectivity index (χ1v) is 8.60. The van der Waals surface area contributed by atoms with Gasteiger partial charge < -0.3 is 4.74 Å². The smallest absolute Gasteiger partial charge is 0.430 e. The average Bonchev–Trinajstić information content (AvgIpc) is 3.04. The van der Waals surface area contributed by atoms with Gasteiger partial charge in [-0.05, 0) is 44.7 Å². The highest BCUT2D eigenvalue weighted by molar-refractivity contribution is 7.89. The summed E-state index contributed by atoms with van der Waals surface area (Å²) in [5.74, 6) is 0. The van der Waals surface area contributed by atoms with Crippen LogP contribution in [0.3, 0.4) is 0 Å². The van der Waals surface area contributed by atoms with Gasteiger partial charge in [0.1, 0.15) is 5.70 Å². The van der Waals surface area contributed by atoms with Crippen LogP contribution >= 0.6 is 0 Å². The van der Waals surface area contributed by atoms with Gasteiger partial charge in [-0.15, -0.1) is 5.73 Å². The molecule has 0 aromatic heterocycles. The van der Waals surface area contributed by atoms with Crippen molar-refractivity contribution in [2.75, 3.05) is 0 Å². The van der Waals surface area contributed by atoms with Crippen molar-refractivity contribution in [1.82, 2.24) is 4.31 Å². The largest absolute Gasteiger partial charge is 0.435 e. The third-order valence-corrected chi connectivity index (χ3v) is 5.90. The second kappa shape index (κ2) is 5.00. The van der Waals surface area contributed by atoms with Crippen LogP contribution in [0, 0.1) is 6.92 Å². The molecule has 1 saturated heterocycles. The fourth-order valence-corrected chi connectivity index (χ4v) is 4.48. The van der Waals surface area contributed by atoms with Crippen molar-refractivity contribution in [3.8, 4) is 0 Å². The number of amides is 1. The van der Waals surface area contributed by atoms with E-state index >= 15 is 0 Å². The van der Waals surface area contributed by atoms with Crippen LogP contribution in [0.1, 0.15) is 31.2 Å². The molecule has 1 aliphatic carbocycles. The van der Waals surface area contributed by atoms with Crippen LogP contribution in [0.15, 0.2) is 47.2 Å². The van der Waals surface area contributed by atoms with Crippen molar-refractivity contribution in [2.24, 2.45) is 0 Å². The Morgan fingerprint density at radius 3 is 2.36 bits per heavy atom. The third kappa shape index (κ3) is 2.07. The van der Waals surface area contributed by atoms with Gasteiger partial charge >= 0.3 is 6.09 Å². The minimum Gasteiger partial charge on any atom is -0.435 e. The standard InChI is InChI=1S/C16H17NO4S/c1-3-14-16(10-4-5-11-16)21-15(18)17(14)22(19,20)13-8-6-12(2)7-9-13/h6-9H,1,4-5,10-11H2,2H3. The van der Waals surface area contributed by atoms with E-state index in [1.807, 2.05) is 6.92 Å². The zero-order chi connectivity index (χ0) is 16.0. The topological polar surface area (TPSA) is 63.7 Å². The van der Waals surface area contributed by atoms with Gasteiger partial charge in [-0.1, -0.05) is 24.3 Å². The molecular formula is C16H17NO4S. The summed E-state index contributed by atoms with van der Waals surface area (Å²) in [7, 11) is -4.01. The maximum atomic E-state index is 12.8. The number of ether oxygens (including phenoxy) is 1. The SMILES string of the molecule is C=C=C1N(S(=O)(=O)c2ccc(C)cc2)C(=O)OC12CCCC2. The first-order chi connectivity index (χ1) is 10.4. The highest BCUT2D eigenvalue weighted by Crippen LogP contribution is 2.46. The number of carbonyl (C=O) groups excluding carboxylic acids is 1. The van der Waals surface area contributed by atoms with Gasteiger partial charge in [-0.25, -0.2) is 13.2 Å². The van der Waals surface area contributed by atoms with E-state index in [1.165, 1.54) is 12.1 Å². The molecule has 116 valence electrons. The van der Waals surface area contributed by atoms with Crippen molar-refractivity contribution >= 4 is 16.1 Å². The van der Waals surface area contributed by atoms with Crippen LogP contribution < -0.4 is 0 Å². The second-order valence-electron chi connectivity index (χ2n) is 5.68. The third-order valence-electron chi connectivity index (χ3n) is 4.22. The molecular weight excluding hydrogens is 302 g/mol. The van der Waals surface area contributed by atoms with E-state index in [2.05, 4.69) is 12.3 Å². The van der Waals surface area contributed by atoms with Crippen molar-refractivity contribution in [1.29, 1.82) is 0 Å². The monoisotopic (exact) mass is 319 g/mol. The quantitative estimate of drug-likeness (QED) is 0.786. The van der Waals surface area contributed by atoms with E-state index in [4.69, 9.17) is 4.74 Å². The summed E-state index contributed by atoms with van der Waals surface area (Å²) in [4.78, 5) is 12.3.